The van der Waals surface area contributed by atoms with Gasteiger partial charge in [-0.3, -0.25) is 4.79 Å². The Labute approximate surface area is 190 Å². The molecule has 0 atom stereocenters. The van der Waals surface area contributed by atoms with Crippen LogP contribution in [0.3, 0.4) is 0 Å². The Morgan fingerprint density at radius 1 is 1.10 bits per heavy atom. The minimum Gasteiger partial charge on any atom is -0.483 e. The zero-order chi connectivity index (χ0) is 22.2. The summed E-state index contributed by atoms with van der Waals surface area (Å²) < 4.78 is 24.5. The summed E-state index contributed by atoms with van der Waals surface area (Å²) in [5, 5.41) is 4.39. The molecule has 0 unspecified atom stereocenters. The van der Waals surface area contributed by atoms with Crippen molar-refractivity contribution in [2.24, 2.45) is 5.10 Å². The fraction of sp³-hybridized carbons (Fsp3) is 0.0455. The van der Waals surface area contributed by atoms with Crippen molar-refractivity contribution in [2.75, 3.05) is 6.61 Å². The lowest BCUT2D eigenvalue weighted by atomic mass is 10.2. The van der Waals surface area contributed by atoms with E-state index in [0.29, 0.717) is 20.8 Å². The van der Waals surface area contributed by atoms with Gasteiger partial charge >= 0.3 is 5.97 Å². The lowest BCUT2D eigenvalue weighted by Crippen LogP contribution is -2.24. The summed E-state index contributed by atoms with van der Waals surface area (Å²) >= 11 is 9.15. The molecular weight excluding hydrogens is 491 g/mol. The Morgan fingerprint density at radius 2 is 1.90 bits per heavy atom. The molecule has 1 N–H and O–H groups in total. The minimum atomic E-state index is -0.688. The summed E-state index contributed by atoms with van der Waals surface area (Å²) in [5.41, 5.74) is 3.01. The van der Waals surface area contributed by atoms with Gasteiger partial charge in [0.2, 0.25) is 0 Å². The van der Waals surface area contributed by atoms with Crippen LogP contribution in [0.1, 0.15) is 15.9 Å². The molecule has 0 fully saturated rings. The highest BCUT2D eigenvalue weighted by atomic mass is 79.9. The van der Waals surface area contributed by atoms with Crippen LogP contribution in [-0.4, -0.2) is 24.7 Å². The lowest BCUT2D eigenvalue weighted by Gasteiger charge is -2.07. The molecule has 3 aromatic rings. The summed E-state index contributed by atoms with van der Waals surface area (Å²) in [6, 6.07) is 16.6. The summed E-state index contributed by atoms with van der Waals surface area (Å²) in [6.07, 6.45) is 1.38. The number of rotatable bonds is 7. The highest BCUT2D eigenvalue weighted by Crippen LogP contribution is 2.27. The van der Waals surface area contributed by atoms with Crippen LogP contribution in [0, 0.1) is 5.82 Å². The van der Waals surface area contributed by atoms with Gasteiger partial charge in [0, 0.05) is 5.02 Å². The van der Waals surface area contributed by atoms with Gasteiger partial charge in [0.05, 0.1) is 16.3 Å². The molecular formula is C22H15BrClFN2O4. The van der Waals surface area contributed by atoms with E-state index in [9.17, 15) is 14.0 Å². The molecule has 0 bridgehead atoms. The van der Waals surface area contributed by atoms with Crippen LogP contribution in [0.15, 0.2) is 76.3 Å². The molecule has 0 heterocycles. The highest BCUT2D eigenvalue weighted by molar-refractivity contribution is 9.10. The van der Waals surface area contributed by atoms with Gasteiger partial charge in [0.15, 0.2) is 6.61 Å². The minimum absolute atomic E-state index is 0.0960. The van der Waals surface area contributed by atoms with Crippen LogP contribution in [-0.2, 0) is 4.79 Å². The average Bonchev–Trinajstić information content (AvgIpc) is 2.73. The number of hydrazone groups is 1. The average molecular weight is 506 g/mol. The maximum atomic E-state index is 13.2. The third kappa shape index (κ3) is 6.91. The van der Waals surface area contributed by atoms with E-state index in [4.69, 9.17) is 21.1 Å². The molecule has 31 heavy (non-hydrogen) atoms. The van der Waals surface area contributed by atoms with Gasteiger partial charge < -0.3 is 9.47 Å². The van der Waals surface area contributed by atoms with Crippen LogP contribution in [0.5, 0.6) is 11.5 Å². The quantitative estimate of drug-likeness (QED) is 0.212. The number of carbonyl (C=O) groups excluding carboxylic acids is 2. The van der Waals surface area contributed by atoms with E-state index in [0.717, 1.165) is 6.07 Å². The second-order valence-corrected chi connectivity index (χ2v) is 7.42. The Kier molecular flexibility index (Phi) is 7.75. The number of amides is 1. The lowest BCUT2D eigenvalue weighted by molar-refractivity contribution is -0.123. The molecule has 1 amide bonds. The van der Waals surface area contributed by atoms with E-state index in [1.54, 1.807) is 42.5 Å². The van der Waals surface area contributed by atoms with Gasteiger partial charge in [0.25, 0.3) is 5.91 Å². The summed E-state index contributed by atoms with van der Waals surface area (Å²) in [5.74, 6) is -0.963. The van der Waals surface area contributed by atoms with Crippen LogP contribution in [0.2, 0.25) is 5.02 Å². The van der Waals surface area contributed by atoms with Gasteiger partial charge in [0.1, 0.15) is 17.3 Å². The van der Waals surface area contributed by atoms with Crippen LogP contribution < -0.4 is 14.9 Å². The van der Waals surface area contributed by atoms with Gasteiger partial charge in [-0.25, -0.2) is 14.6 Å². The molecule has 3 rings (SSSR count). The molecule has 0 saturated carbocycles. The van der Waals surface area contributed by atoms with Crippen molar-refractivity contribution in [3.63, 3.8) is 0 Å². The predicted octanol–water partition coefficient (Wildman–Crippen LogP) is 4.99. The Hall–Kier alpha value is -3.23. The smallest absolute Gasteiger partial charge is 0.343 e. The number of nitrogens with zero attached hydrogens (tertiary/aromatic N) is 1. The van der Waals surface area contributed by atoms with Gasteiger partial charge in [-0.2, -0.15) is 5.10 Å². The number of hydrogen-bond acceptors (Lipinski definition) is 5. The van der Waals surface area contributed by atoms with Crippen LogP contribution >= 0.6 is 27.5 Å². The maximum Gasteiger partial charge on any atom is 0.343 e. The number of esters is 1. The zero-order valence-corrected chi connectivity index (χ0v) is 18.2. The van der Waals surface area contributed by atoms with E-state index < -0.39 is 17.7 Å². The first kappa shape index (κ1) is 22.5. The van der Waals surface area contributed by atoms with Crippen molar-refractivity contribution in [1.82, 2.24) is 5.43 Å². The monoisotopic (exact) mass is 504 g/mol. The van der Waals surface area contributed by atoms with Crippen molar-refractivity contribution in [2.45, 2.75) is 0 Å². The molecule has 6 nitrogen and oxygen atoms in total. The number of halogens is 3. The fourth-order valence-corrected chi connectivity index (χ4v) is 3.18. The molecule has 0 aliphatic rings. The summed E-state index contributed by atoms with van der Waals surface area (Å²) in [7, 11) is 0. The molecule has 158 valence electrons. The van der Waals surface area contributed by atoms with Crippen LogP contribution in [0.25, 0.3) is 0 Å². The van der Waals surface area contributed by atoms with Gasteiger partial charge in [-0.15, -0.1) is 0 Å². The maximum absolute atomic E-state index is 13.2. The number of carbonyl (C=O) groups is 2. The van der Waals surface area contributed by atoms with E-state index in [1.165, 1.54) is 24.4 Å². The third-order valence-electron chi connectivity index (χ3n) is 3.78. The van der Waals surface area contributed by atoms with E-state index >= 15 is 0 Å². The second-order valence-electron chi connectivity index (χ2n) is 6.13. The first-order chi connectivity index (χ1) is 14.9. The van der Waals surface area contributed by atoms with Crippen molar-refractivity contribution < 1.29 is 23.5 Å². The molecule has 0 spiro atoms. The number of ether oxygens (including phenoxy) is 2. The molecule has 9 heteroatoms. The first-order valence-corrected chi connectivity index (χ1v) is 10.1. The summed E-state index contributed by atoms with van der Waals surface area (Å²) in [4.78, 5) is 24.0. The van der Waals surface area contributed by atoms with Gasteiger partial charge in [-0.1, -0.05) is 29.8 Å². The van der Waals surface area contributed by atoms with E-state index in [2.05, 4.69) is 26.5 Å². The Bertz CT molecular complexity index is 1140. The first-order valence-electron chi connectivity index (χ1n) is 8.88. The second kappa shape index (κ2) is 10.7. The topological polar surface area (TPSA) is 77.0 Å². The number of nitrogens with one attached hydrogen (secondary N) is 1. The molecule has 0 saturated heterocycles. The SMILES string of the molecule is O=C(COc1ccc(Cl)cc1Br)NN=Cc1cccc(OC(=O)c2cccc(F)c2)c1. The van der Waals surface area contributed by atoms with Crippen molar-refractivity contribution >= 4 is 45.6 Å². The molecule has 0 aliphatic carbocycles. The predicted molar refractivity (Wildman–Crippen MR) is 118 cm³/mol. The van der Waals surface area contributed by atoms with Gasteiger partial charge in [-0.05, 0) is 70.0 Å². The largest absolute Gasteiger partial charge is 0.483 e. The number of hydrogen-bond donors (Lipinski definition) is 1. The Morgan fingerprint density at radius 3 is 2.68 bits per heavy atom. The normalized spacial score (nSPS) is 10.7. The van der Waals surface area contributed by atoms with E-state index in [-0.39, 0.29) is 17.9 Å². The highest BCUT2D eigenvalue weighted by Gasteiger charge is 2.10. The standard InChI is InChI=1S/C22H15BrClFN2O4/c23-19-11-16(24)7-8-20(19)30-13-21(28)27-26-12-14-3-1-6-18(9-14)31-22(29)15-4-2-5-17(25)10-15/h1-12H,13H2,(H,27,28). The summed E-state index contributed by atoms with van der Waals surface area (Å²) in [6.45, 7) is -0.247. The fourth-order valence-electron chi connectivity index (χ4n) is 2.39. The molecule has 0 aromatic heterocycles. The van der Waals surface area contributed by atoms with Crippen molar-refractivity contribution in [3.05, 3.63) is 93.2 Å². The van der Waals surface area contributed by atoms with Crippen LogP contribution in [0.4, 0.5) is 4.39 Å². The molecule has 0 aliphatic heterocycles. The molecule has 3 aromatic carbocycles. The zero-order valence-electron chi connectivity index (χ0n) is 15.8. The van der Waals surface area contributed by atoms with Crippen molar-refractivity contribution in [1.29, 1.82) is 0 Å². The van der Waals surface area contributed by atoms with E-state index in [1.807, 2.05) is 0 Å². The Balaban J connectivity index is 1.52. The van der Waals surface area contributed by atoms with Crippen molar-refractivity contribution in [3.8, 4) is 11.5 Å². The number of benzene rings is 3. The molecule has 0 radical (unpaired) electrons. The third-order valence-corrected chi connectivity index (χ3v) is 4.64.